The van der Waals surface area contributed by atoms with Gasteiger partial charge in [0.25, 0.3) is 0 Å². The maximum absolute atomic E-state index is 13.6. The third-order valence-corrected chi connectivity index (χ3v) is 3.28. The van der Waals surface area contributed by atoms with E-state index < -0.39 is 0 Å². The number of imidazole rings is 1. The summed E-state index contributed by atoms with van der Waals surface area (Å²) >= 11 is 5.31. The van der Waals surface area contributed by atoms with Gasteiger partial charge in [0, 0.05) is 6.07 Å². The van der Waals surface area contributed by atoms with Crippen molar-refractivity contribution in [2.45, 2.75) is 6.92 Å². The third kappa shape index (κ3) is 2.08. The van der Waals surface area contributed by atoms with Crippen LogP contribution in [0.1, 0.15) is 5.56 Å². The summed E-state index contributed by atoms with van der Waals surface area (Å²) in [5.74, 6) is 0.174. The van der Waals surface area contributed by atoms with Crippen LogP contribution in [0.2, 0.25) is 0 Å². The van der Waals surface area contributed by atoms with Gasteiger partial charge in [0.15, 0.2) is 10.4 Å². The molecule has 6 heteroatoms. The van der Waals surface area contributed by atoms with E-state index in [1.165, 1.54) is 12.1 Å². The number of nitrogens with one attached hydrogen (secondary N) is 1. The van der Waals surface area contributed by atoms with Crippen LogP contribution in [0.15, 0.2) is 30.3 Å². The van der Waals surface area contributed by atoms with Crippen LogP contribution in [0, 0.1) is 17.5 Å². The van der Waals surface area contributed by atoms with Crippen molar-refractivity contribution < 1.29 is 9.13 Å². The molecule has 0 aliphatic carbocycles. The number of nitrogens with zero attached hydrogens (tertiary/aromatic N) is 2. The smallest absolute Gasteiger partial charge is 0.215 e. The second-order valence-corrected chi connectivity index (χ2v) is 4.86. The molecule has 0 unspecified atom stereocenters. The van der Waals surface area contributed by atoms with E-state index in [0.717, 1.165) is 11.1 Å². The molecule has 2 heterocycles. The summed E-state index contributed by atoms with van der Waals surface area (Å²) in [5.41, 5.74) is 2.84. The molecule has 0 radical (unpaired) electrons. The molecule has 0 fully saturated rings. The zero-order valence-electron chi connectivity index (χ0n) is 11.0. The van der Waals surface area contributed by atoms with Gasteiger partial charge in [0.2, 0.25) is 5.88 Å². The van der Waals surface area contributed by atoms with Crippen LogP contribution < -0.4 is 4.74 Å². The number of ether oxygens (including phenoxy) is 1. The van der Waals surface area contributed by atoms with Gasteiger partial charge in [-0.2, -0.15) is 4.98 Å². The minimum atomic E-state index is -0.306. The molecule has 0 spiro atoms. The van der Waals surface area contributed by atoms with Crippen LogP contribution in [0.5, 0.6) is 5.88 Å². The molecule has 0 amide bonds. The predicted octanol–water partition coefficient (Wildman–Crippen LogP) is 3.54. The van der Waals surface area contributed by atoms with E-state index in [4.69, 9.17) is 17.0 Å². The first-order valence-corrected chi connectivity index (χ1v) is 6.42. The van der Waals surface area contributed by atoms with Crippen molar-refractivity contribution in [1.29, 1.82) is 0 Å². The fraction of sp³-hybridized carbons (Fsp3) is 0.143. The molecule has 1 aromatic carbocycles. The second-order valence-electron chi connectivity index (χ2n) is 4.48. The van der Waals surface area contributed by atoms with Gasteiger partial charge in [-0.3, -0.25) is 4.57 Å². The Bertz CT molecular complexity index is 833. The lowest BCUT2D eigenvalue weighted by atomic mass is 10.2. The maximum atomic E-state index is 13.6. The molecule has 0 saturated heterocycles. The number of halogens is 1. The van der Waals surface area contributed by atoms with Crippen molar-refractivity contribution in [2.75, 3.05) is 7.11 Å². The molecule has 4 nitrogen and oxygen atoms in total. The number of hydrogen-bond donors (Lipinski definition) is 1. The van der Waals surface area contributed by atoms with E-state index in [-0.39, 0.29) is 5.82 Å². The highest BCUT2D eigenvalue weighted by Gasteiger charge is 2.10. The Hall–Kier alpha value is -2.21. The van der Waals surface area contributed by atoms with E-state index in [1.54, 1.807) is 17.7 Å². The molecule has 2 aromatic heterocycles. The first-order chi connectivity index (χ1) is 9.58. The van der Waals surface area contributed by atoms with Gasteiger partial charge in [-0.05, 0) is 49.0 Å². The molecule has 102 valence electrons. The SMILES string of the molecule is COc1ccc2[nH]c(=S)n(-c3cc(C)cc(F)c3)c2n1. The zero-order chi connectivity index (χ0) is 14.3. The van der Waals surface area contributed by atoms with Crippen molar-refractivity contribution in [3.63, 3.8) is 0 Å². The Morgan fingerprint density at radius 3 is 2.80 bits per heavy atom. The summed E-state index contributed by atoms with van der Waals surface area (Å²) < 4.78 is 20.9. The number of benzene rings is 1. The molecule has 0 atom stereocenters. The number of hydrogen-bond acceptors (Lipinski definition) is 3. The standard InChI is InChI=1S/C14H12FN3OS/c1-8-5-9(15)7-10(6-8)18-13-11(16-14(18)20)3-4-12(17-13)19-2/h3-7H,1-2H3,(H,16,20). The van der Waals surface area contributed by atoms with Crippen LogP contribution in [-0.2, 0) is 0 Å². The zero-order valence-corrected chi connectivity index (χ0v) is 11.8. The van der Waals surface area contributed by atoms with Gasteiger partial charge in [-0.15, -0.1) is 0 Å². The Balaban J connectivity index is 2.34. The highest BCUT2D eigenvalue weighted by atomic mass is 32.1. The molecule has 0 bridgehead atoms. The van der Waals surface area contributed by atoms with Crippen molar-refractivity contribution >= 4 is 23.4 Å². The van der Waals surface area contributed by atoms with Crippen LogP contribution in [-0.4, -0.2) is 21.6 Å². The summed E-state index contributed by atoms with van der Waals surface area (Å²) in [7, 11) is 1.55. The van der Waals surface area contributed by atoms with Crippen LogP contribution in [0.4, 0.5) is 4.39 Å². The van der Waals surface area contributed by atoms with E-state index >= 15 is 0 Å². The summed E-state index contributed by atoms with van der Waals surface area (Å²) in [6.07, 6.45) is 0. The first-order valence-electron chi connectivity index (χ1n) is 6.02. The molecule has 0 aliphatic rings. The van der Waals surface area contributed by atoms with Gasteiger partial charge >= 0.3 is 0 Å². The second kappa shape index (κ2) is 4.72. The predicted molar refractivity (Wildman–Crippen MR) is 77.5 cm³/mol. The van der Waals surface area contributed by atoms with E-state index in [9.17, 15) is 4.39 Å². The minimum Gasteiger partial charge on any atom is -0.481 e. The number of H-pyrrole nitrogens is 1. The summed E-state index contributed by atoms with van der Waals surface area (Å²) in [6.45, 7) is 1.83. The maximum Gasteiger partial charge on any atom is 0.215 e. The third-order valence-electron chi connectivity index (χ3n) is 3.00. The Morgan fingerprint density at radius 1 is 1.30 bits per heavy atom. The molecular weight excluding hydrogens is 277 g/mol. The molecule has 3 aromatic rings. The van der Waals surface area contributed by atoms with Crippen molar-refractivity contribution in [2.24, 2.45) is 0 Å². The van der Waals surface area contributed by atoms with Crippen LogP contribution in [0.25, 0.3) is 16.9 Å². The molecule has 0 aliphatic heterocycles. The van der Waals surface area contributed by atoms with Gasteiger partial charge in [-0.1, -0.05) is 0 Å². The summed E-state index contributed by atoms with van der Waals surface area (Å²) in [6, 6.07) is 8.33. The molecule has 20 heavy (non-hydrogen) atoms. The molecule has 0 saturated carbocycles. The van der Waals surface area contributed by atoms with E-state index in [0.29, 0.717) is 22.0 Å². The average molecular weight is 289 g/mol. The lowest BCUT2D eigenvalue weighted by Crippen LogP contribution is -1.98. The monoisotopic (exact) mass is 289 g/mol. The quantitative estimate of drug-likeness (QED) is 0.734. The number of methoxy groups -OCH3 is 1. The normalized spacial score (nSPS) is 10.9. The average Bonchev–Trinajstić information content (AvgIpc) is 2.72. The highest BCUT2D eigenvalue weighted by molar-refractivity contribution is 7.71. The van der Waals surface area contributed by atoms with Gasteiger partial charge < -0.3 is 9.72 Å². The number of fused-ring (bicyclic) bond motifs is 1. The number of aromatic nitrogens is 3. The lowest BCUT2D eigenvalue weighted by Gasteiger charge is -2.06. The van der Waals surface area contributed by atoms with Crippen LogP contribution >= 0.6 is 12.2 Å². The number of aryl methyl sites for hydroxylation is 1. The largest absolute Gasteiger partial charge is 0.481 e. The van der Waals surface area contributed by atoms with Gasteiger partial charge in [0.05, 0.1) is 18.3 Å². The summed E-state index contributed by atoms with van der Waals surface area (Å²) in [5, 5.41) is 0. The van der Waals surface area contributed by atoms with Crippen molar-refractivity contribution in [3.8, 4) is 11.6 Å². The topological polar surface area (TPSA) is 42.8 Å². The number of rotatable bonds is 2. The van der Waals surface area contributed by atoms with Crippen molar-refractivity contribution in [3.05, 3.63) is 46.5 Å². The fourth-order valence-corrected chi connectivity index (χ4v) is 2.47. The van der Waals surface area contributed by atoms with Crippen LogP contribution in [0.3, 0.4) is 0 Å². The Kier molecular flexibility index (Phi) is 3.02. The lowest BCUT2D eigenvalue weighted by molar-refractivity contribution is 0.399. The Morgan fingerprint density at radius 2 is 2.10 bits per heavy atom. The number of pyridine rings is 1. The van der Waals surface area contributed by atoms with E-state index in [2.05, 4.69) is 9.97 Å². The molecule has 3 rings (SSSR count). The Labute approximate surface area is 119 Å². The van der Waals surface area contributed by atoms with Gasteiger partial charge in [0.1, 0.15) is 5.82 Å². The molecular formula is C14H12FN3OS. The van der Waals surface area contributed by atoms with Gasteiger partial charge in [-0.25, -0.2) is 4.39 Å². The van der Waals surface area contributed by atoms with Crippen molar-refractivity contribution in [1.82, 2.24) is 14.5 Å². The molecule has 1 N–H and O–H groups in total. The fourth-order valence-electron chi connectivity index (χ4n) is 2.17. The summed E-state index contributed by atoms with van der Waals surface area (Å²) in [4.78, 5) is 7.42. The highest BCUT2D eigenvalue weighted by Crippen LogP contribution is 2.22. The van der Waals surface area contributed by atoms with E-state index in [1.807, 2.05) is 19.1 Å². The first kappa shape index (κ1) is 12.8. The number of aromatic amines is 1. The minimum absolute atomic E-state index is 0.306.